The summed E-state index contributed by atoms with van der Waals surface area (Å²) in [5, 5.41) is 0.243. The largest absolute Gasteiger partial charge is 0.439 e. The summed E-state index contributed by atoms with van der Waals surface area (Å²) in [6, 6.07) is 10.6. The van der Waals surface area contributed by atoms with Gasteiger partial charge in [-0.15, -0.1) is 0 Å². The second-order valence-electron chi connectivity index (χ2n) is 6.86. The molecule has 1 aromatic heterocycles. The van der Waals surface area contributed by atoms with Crippen LogP contribution in [0.25, 0.3) is 11.3 Å². The first kappa shape index (κ1) is 21.3. The lowest BCUT2D eigenvalue weighted by atomic mass is 10.2. The minimum Gasteiger partial charge on any atom is -0.439 e. The predicted octanol–water partition coefficient (Wildman–Crippen LogP) is 4.29. The Labute approximate surface area is 183 Å². The molecule has 1 aliphatic rings. The molecule has 30 heavy (non-hydrogen) atoms. The Morgan fingerprint density at radius 3 is 2.43 bits per heavy atom. The van der Waals surface area contributed by atoms with Crippen LogP contribution < -0.4 is 0 Å². The highest BCUT2D eigenvalue weighted by Crippen LogP contribution is 2.31. The van der Waals surface area contributed by atoms with Gasteiger partial charge in [0.25, 0.3) is 0 Å². The number of halogens is 3. The molecule has 0 amide bonds. The maximum atomic E-state index is 13.1. The molecule has 0 aliphatic carbocycles. The van der Waals surface area contributed by atoms with Crippen molar-refractivity contribution in [2.75, 3.05) is 26.2 Å². The molecule has 1 fully saturated rings. The molecule has 0 atom stereocenters. The second-order valence-corrected chi connectivity index (χ2v) is 9.55. The first-order chi connectivity index (χ1) is 14.3. The van der Waals surface area contributed by atoms with Crippen molar-refractivity contribution in [2.45, 2.75) is 11.4 Å². The van der Waals surface area contributed by atoms with Gasteiger partial charge >= 0.3 is 0 Å². The van der Waals surface area contributed by atoms with Gasteiger partial charge in [-0.05, 0) is 36.4 Å². The van der Waals surface area contributed by atoms with Crippen molar-refractivity contribution >= 4 is 33.2 Å². The lowest BCUT2D eigenvalue weighted by Crippen LogP contribution is -2.48. The first-order valence-corrected chi connectivity index (χ1v) is 11.4. The van der Waals surface area contributed by atoms with Gasteiger partial charge < -0.3 is 4.42 Å². The molecule has 0 unspecified atom stereocenters. The predicted molar refractivity (Wildman–Crippen MR) is 112 cm³/mol. The van der Waals surface area contributed by atoms with Crippen LogP contribution in [0.15, 0.2) is 58.0 Å². The highest BCUT2D eigenvalue weighted by molar-refractivity contribution is 7.89. The topological polar surface area (TPSA) is 66.7 Å². The molecule has 2 aromatic carbocycles. The average molecular weight is 470 g/mol. The molecule has 0 radical (unpaired) electrons. The Balaban J connectivity index is 1.39. The first-order valence-electron chi connectivity index (χ1n) is 9.22. The van der Waals surface area contributed by atoms with Gasteiger partial charge in [-0.1, -0.05) is 29.3 Å². The van der Waals surface area contributed by atoms with E-state index in [0.717, 1.165) is 5.56 Å². The smallest absolute Gasteiger partial charge is 0.244 e. The third-order valence-electron chi connectivity index (χ3n) is 4.91. The van der Waals surface area contributed by atoms with Crippen molar-refractivity contribution in [3.8, 4) is 11.3 Å². The van der Waals surface area contributed by atoms with Crippen molar-refractivity contribution in [2.24, 2.45) is 0 Å². The van der Waals surface area contributed by atoms with E-state index in [1.54, 1.807) is 30.5 Å². The molecule has 0 N–H and O–H groups in total. The molecule has 4 rings (SSSR count). The fourth-order valence-corrected chi connectivity index (χ4v) is 5.43. The highest BCUT2D eigenvalue weighted by Gasteiger charge is 2.31. The summed E-state index contributed by atoms with van der Waals surface area (Å²) >= 11 is 12.1. The number of nitrogens with zero attached hydrogens (tertiary/aromatic N) is 3. The van der Waals surface area contributed by atoms with Crippen LogP contribution in [0.2, 0.25) is 10.0 Å². The second kappa shape index (κ2) is 8.64. The van der Waals surface area contributed by atoms with E-state index in [2.05, 4.69) is 9.88 Å². The average Bonchev–Trinajstić information content (AvgIpc) is 3.19. The molecule has 158 valence electrons. The molecule has 1 saturated heterocycles. The van der Waals surface area contributed by atoms with Crippen LogP contribution in [0.3, 0.4) is 0 Å². The van der Waals surface area contributed by atoms with Crippen molar-refractivity contribution < 1.29 is 17.2 Å². The fourth-order valence-electron chi connectivity index (χ4n) is 3.27. The lowest BCUT2D eigenvalue weighted by molar-refractivity contribution is 0.169. The molecule has 6 nitrogen and oxygen atoms in total. The van der Waals surface area contributed by atoms with Gasteiger partial charge in [0.05, 0.1) is 22.8 Å². The van der Waals surface area contributed by atoms with Gasteiger partial charge in [0.1, 0.15) is 10.7 Å². The summed E-state index contributed by atoms with van der Waals surface area (Å²) in [6.07, 6.45) is 1.60. The standard InChI is InChI=1S/C20H18Cl2FN3O3S/c21-16-2-1-3-18(20(16)22)30(27,28)26-10-8-25(9-11-26)13-19-24-12-17(29-19)14-4-6-15(23)7-5-14/h1-7,12H,8-11,13H2. The maximum absolute atomic E-state index is 13.1. The summed E-state index contributed by atoms with van der Waals surface area (Å²) < 4.78 is 46.1. The van der Waals surface area contributed by atoms with E-state index in [9.17, 15) is 12.8 Å². The van der Waals surface area contributed by atoms with E-state index in [0.29, 0.717) is 44.4 Å². The van der Waals surface area contributed by atoms with Crippen LogP contribution in [0, 0.1) is 5.82 Å². The number of rotatable bonds is 5. The van der Waals surface area contributed by atoms with E-state index in [1.165, 1.54) is 22.5 Å². The number of piperazine rings is 1. The molecule has 3 aromatic rings. The van der Waals surface area contributed by atoms with E-state index < -0.39 is 10.0 Å². The van der Waals surface area contributed by atoms with Crippen LogP contribution in [-0.4, -0.2) is 48.8 Å². The lowest BCUT2D eigenvalue weighted by Gasteiger charge is -2.33. The quantitative estimate of drug-likeness (QED) is 0.557. The van der Waals surface area contributed by atoms with Crippen molar-refractivity contribution in [1.82, 2.24) is 14.2 Å². The molecule has 1 aliphatic heterocycles. The van der Waals surface area contributed by atoms with E-state index in [1.807, 2.05) is 0 Å². The third-order valence-corrected chi connectivity index (χ3v) is 7.78. The summed E-state index contributed by atoms with van der Waals surface area (Å²) in [5.41, 5.74) is 0.740. The van der Waals surface area contributed by atoms with Crippen molar-refractivity contribution in [1.29, 1.82) is 0 Å². The summed E-state index contributed by atoms with van der Waals surface area (Å²) in [5.74, 6) is 0.760. The monoisotopic (exact) mass is 469 g/mol. The zero-order valence-electron chi connectivity index (χ0n) is 15.8. The van der Waals surface area contributed by atoms with Gasteiger partial charge in [0, 0.05) is 31.7 Å². The SMILES string of the molecule is O=S(=O)(c1cccc(Cl)c1Cl)N1CCN(Cc2ncc(-c3ccc(F)cc3)o2)CC1. The van der Waals surface area contributed by atoms with E-state index in [4.69, 9.17) is 27.6 Å². The zero-order chi connectivity index (χ0) is 21.3. The zero-order valence-corrected chi connectivity index (χ0v) is 18.1. The molecule has 0 bridgehead atoms. The fraction of sp³-hybridized carbons (Fsp3) is 0.250. The van der Waals surface area contributed by atoms with Crippen LogP contribution >= 0.6 is 23.2 Å². The molecule has 2 heterocycles. The number of hydrogen-bond donors (Lipinski definition) is 0. The van der Waals surface area contributed by atoms with Gasteiger partial charge in [-0.25, -0.2) is 17.8 Å². The Kier molecular flexibility index (Phi) is 6.13. The molecule has 0 saturated carbocycles. The van der Waals surface area contributed by atoms with Crippen LogP contribution in [-0.2, 0) is 16.6 Å². The van der Waals surface area contributed by atoms with Crippen LogP contribution in [0.4, 0.5) is 4.39 Å². The summed E-state index contributed by atoms with van der Waals surface area (Å²) in [4.78, 5) is 6.36. The maximum Gasteiger partial charge on any atom is 0.244 e. The molecule has 10 heteroatoms. The Morgan fingerprint density at radius 2 is 1.73 bits per heavy atom. The van der Waals surface area contributed by atoms with E-state index >= 15 is 0 Å². The van der Waals surface area contributed by atoms with Gasteiger partial charge in [0.15, 0.2) is 5.76 Å². The number of sulfonamides is 1. The Hall–Kier alpha value is -1.97. The summed E-state index contributed by atoms with van der Waals surface area (Å²) in [6.45, 7) is 2.12. The number of hydrogen-bond acceptors (Lipinski definition) is 5. The number of aromatic nitrogens is 1. The molecule has 0 spiro atoms. The minimum absolute atomic E-state index is 0.0155. The highest BCUT2D eigenvalue weighted by atomic mass is 35.5. The molecular weight excluding hydrogens is 452 g/mol. The van der Waals surface area contributed by atoms with Gasteiger partial charge in [0.2, 0.25) is 15.9 Å². The number of oxazole rings is 1. The van der Waals surface area contributed by atoms with Crippen molar-refractivity contribution in [3.63, 3.8) is 0 Å². The minimum atomic E-state index is -3.73. The van der Waals surface area contributed by atoms with Crippen LogP contribution in [0.5, 0.6) is 0 Å². The summed E-state index contributed by atoms with van der Waals surface area (Å²) in [7, 11) is -3.73. The van der Waals surface area contributed by atoms with Crippen molar-refractivity contribution in [3.05, 3.63) is 70.4 Å². The normalized spacial score (nSPS) is 16.1. The Bertz CT molecular complexity index is 1140. The van der Waals surface area contributed by atoms with Gasteiger partial charge in [-0.2, -0.15) is 4.31 Å². The van der Waals surface area contributed by atoms with Crippen LogP contribution in [0.1, 0.15) is 5.89 Å². The van der Waals surface area contributed by atoms with E-state index in [-0.39, 0.29) is 20.8 Å². The van der Waals surface area contributed by atoms with Gasteiger partial charge in [-0.3, -0.25) is 4.90 Å². The third kappa shape index (κ3) is 4.38. The number of benzene rings is 2. The Morgan fingerprint density at radius 1 is 1.03 bits per heavy atom. The molecular formula is C20H18Cl2FN3O3S.